The number of halogens is 2. The summed E-state index contributed by atoms with van der Waals surface area (Å²) < 4.78 is 5.63. The predicted molar refractivity (Wildman–Crippen MR) is 80.1 cm³/mol. The van der Waals surface area contributed by atoms with Crippen LogP contribution in [0, 0.1) is 0 Å². The third-order valence-corrected chi connectivity index (χ3v) is 2.49. The minimum absolute atomic E-state index is 0. The van der Waals surface area contributed by atoms with Crippen LogP contribution in [0.2, 0.25) is 0 Å². The van der Waals surface area contributed by atoms with E-state index in [1.807, 2.05) is 20.8 Å². The van der Waals surface area contributed by atoms with Crippen LogP contribution < -0.4 is 10.2 Å². The zero-order chi connectivity index (χ0) is 13.1. The van der Waals surface area contributed by atoms with Crippen molar-refractivity contribution in [2.45, 2.75) is 26.3 Å². The molecular formula is C12H18BrClN2O2. The lowest BCUT2D eigenvalue weighted by molar-refractivity contribution is 0.372. The average Bonchev–Trinajstić information content (AvgIpc) is 2.21. The second-order valence-electron chi connectivity index (χ2n) is 4.67. The zero-order valence-corrected chi connectivity index (χ0v) is 13.2. The molecule has 4 nitrogen and oxygen atoms in total. The SMILES string of the molecule is COc1cc(/C=N/NC(C)(C)C)cc(Br)c1O.Cl. The fourth-order valence-corrected chi connectivity index (χ4v) is 1.58. The van der Waals surface area contributed by atoms with Gasteiger partial charge in [0.1, 0.15) is 0 Å². The Morgan fingerprint density at radius 1 is 1.39 bits per heavy atom. The number of ether oxygens (including phenoxy) is 1. The number of hydrazone groups is 1. The number of hydrogen-bond donors (Lipinski definition) is 2. The Kier molecular flexibility index (Phi) is 6.49. The first-order chi connectivity index (χ1) is 7.83. The summed E-state index contributed by atoms with van der Waals surface area (Å²) in [5, 5.41) is 13.8. The molecule has 0 aromatic heterocycles. The van der Waals surface area contributed by atoms with Crippen LogP contribution in [0.3, 0.4) is 0 Å². The van der Waals surface area contributed by atoms with E-state index in [0.29, 0.717) is 10.2 Å². The summed E-state index contributed by atoms with van der Waals surface area (Å²) in [6, 6.07) is 3.49. The minimum atomic E-state index is -0.0747. The standard InChI is InChI=1S/C12H17BrN2O2.ClH/c1-12(2,3)15-14-7-8-5-9(13)11(16)10(6-8)17-4;/h5-7,15-16H,1-4H3;1H/b14-7+;. The molecule has 0 amide bonds. The molecule has 102 valence electrons. The molecule has 18 heavy (non-hydrogen) atoms. The van der Waals surface area contributed by atoms with E-state index in [9.17, 15) is 5.11 Å². The van der Waals surface area contributed by atoms with Gasteiger partial charge in [0.15, 0.2) is 11.5 Å². The molecule has 0 aliphatic heterocycles. The van der Waals surface area contributed by atoms with Crippen molar-refractivity contribution in [3.8, 4) is 11.5 Å². The van der Waals surface area contributed by atoms with Crippen LogP contribution in [0.5, 0.6) is 11.5 Å². The van der Waals surface area contributed by atoms with Gasteiger partial charge in [-0.25, -0.2) is 0 Å². The molecule has 0 fully saturated rings. The Labute approximate surface area is 122 Å². The minimum Gasteiger partial charge on any atom is -0.503 e. The molecule has 2 N–H and O–H groups in total. The highest BCUT2D eigenvalue weighted by atomic mass is 79.9. The van der Waals surface area contributed by atoms with Crippen molar-refractivity contribution in [3.05, 3.63) is 22.2 Å². The summed E-state index contributed by atoms with van der Waals surface area (Å²) in [7, 11) is 1.51. The Bertz CT molecular complexity index is 431. The first kappa shape index (κ1) is 17.1. The van der Waals surface area contributed by atoms with Crippen LogP contribution in [-0.4, -0.2) is 24.0 Å². The molecule has 1 rings (SSSR count). The molecule has 0 aliphatic rings. The van der Waals surface area contributed by atoms with Crippen molar-refractivity contribution in [3.63, 3.8) is 0 Å². The largest absolute Gasteiger partial charge is 0.503 e. The number of benzene rings is 1. The van der Waals surface area contributed by atoms with E-state index in [1.54, 1.807) is 18.3 Å². The van der Waals surface area contributed by atoms with Crippen molar-refractivity contribution in [2.24, 2.45) is 5.10 Å². The van der Waals surface area contributed by atoms with Gasteiger partial charge in [-0.15, -0.1) is 12.4 Å². The Hall–Kier alpha value is -0.940. The molecule has 1 aromatic carbocycles. The number of methoxy groups -OCH3 is 1. The van der Waals surface area contributed by atoms with Gasteiger partial charge in [-0.1, -0.05) is 0 Å². The lowest BCUT2D eigenvalue weighted by atomic mass is 10.1. The smallest absolute Gasteiger partial charge is 0.172 e. The maximum absolute atomic E-state index is 9.64. The molecule has 0 saturated heterocycles. The quantitative estimate of drug-likeness (QED) is 0.657. The second kappa shape index (κ2) is 6.85. The molecular weight excluding hydrogens is 320 g/mol. The van der Waals surface area contributed by atoms with Crippen molar-refractivity contribution < 1.29 is 9.84 Å². The first-order valence-electron chi connectivity index (χ1n) is 5.20. The molecule has 0 atom stereocenters. The van der Waals surface area contributed by atoms with E-state index in [4.69, 9.17) is 4.74 Å². The molecule has 0 unspecified atom stereocenters. The van der Waals surface area contributed by atoms with Gasteiger partial charge in [-0.2, -0.15) is 5.10 Å². The molecule has 6 heteroatoms. The summed E-state index contributed by atoms with van der Waals surface area (Å²) in [4.78, 5) is 0. The summed E-state index contributed by atoms with van der Waals surface area (Å²) in [5.41, 5.74) is 3.75. The van der Waals surface area contributed by atoms with E-state index in [2.05, 4.69) is 26.5 Å². The Morgan fingerprint density at radius 2 is 2.00 bits per heavy atom. The summed E-state index contributed by atoms with van der Waals surface area (Å²) in [6.07, 6.45) is 1.68. The third-order valence-electron chi connectivity index (χ3n) is 1.88. The maximum atomic E-state index is 9.64. The van der Waals surface area contributed by atoms with E-state index < -0.39 is 0 Å². The Morgan fingerprint density at radius 3 is 2.50 bits per heavy atom. The molecule has 0 bridgehead atoms. The normalized spacial score (nSPS) is 11.2. The van der Waals surface area contributed by atoms with Crippen LogP contribution >= 0.6 is 28.3 Å². The molecule has 0 heterocycles. The summed E-state index contributed by atoms with van der Waals surface area (Å²) in [6.45, 7) is 6.08. The highest BCUT2D eigenvalue weighted by molar-refractivity contribution is 9.10. The zero-order valence-electron chi connectivity index (χ0n) is 10.8. The van der Waals surface area contributed by atoms with E-state index in [0.717, 1.165) is 5.56 Å². The van der Waals surface area contributed by atoms with E-state index in [1.165, 1.54) is 7.11 Å². The third kappa shape index (κ3) is 5.14. The van der Waals surface area contributed by atoms with Gasteiger partial charge in [0.2, 0.25) is 0 Å². The van der Waals surface area contributed by atoms with Crippen molar-refractivity contribution in [2.75, 3.05) is 7.11 Å². The fraction of sp³-hybridized carbons (Fsp3) is 0.417. The summed E-state index contributed by atoms with van der Waals surface area (Å²) in [5.74, 6) is 0.505. The van der Waals surface area contributed by atoms with Crippen LogP contribution in [0.25, 0.3) is 0 Å². The van der Waals surface area contributed by atoms with Crippen LogP contribution in [-0.2, 0) is 0 Å². The lowest BCUT2D eigenvalue weighted by Gasteiger charge is -2.17. The van der Waals surface area contributed by atoms with E-state index in [-0.39, 0.29) is 23.7 Å². The predicted octanol–water partition coefficient (Wildman–Crippen LogP) is 3.31. The van der Waals surface area contributed by atoms with Crippen LogP contribution in [0.4, 0.5) is 0 Å². The van der Waals surface area contributed by atoms with Gasteiger partial charge in [-0.05, 0) is 54.4 Å². The summed E-state index contributed by atoms with van der Waals surface area (Å²) >= 11 is 3.26. The molecule has 1 aromatic rings. The monoisotopic (exact) mass is 336 g/mol. The number of hydrogen-bond acceptors (Lipinski definition) is 4. The van der Waals surface area contributed by atoms with Gasteiger partial charge in [0.05, 0.1) is 17.8 Å². The highest BCUT2D eigenvalue weighted by Crippen LogP contribution is 2.34. The maximum Gasteiger partial charge on any atom is 0.172 e. The van der Waals surface area contributed by atoms with Gasteiger partial charge in [-0.3, -0.25) is 0 Å². The lowest BCUT2D eigenvalue weighted by Crippen LogP contribution is -2.31. The number of phenolic OH excluding ortho intramolecular Hbond substituents is 1. The average molecular weight is 338 g/mol. The van der Waals surface area contributed by atoms with Crippen LogP contribution in [0.15, 0.2) is 21.7 Å². The van der Waals surface area contributed by atoms with Gasteiger partial charge in [0, 0.05) is 5.54 Å². The van der Waals surface area contributed by atoms with Crippen LogP contribution in [0.1, 0.15) is 26.3 Å². The van der Waals surface area contributed by atoms with Crippen molar-refractivity contribution in [1.29, 1.82) is 0 Å². The number of phenols is 1. The Balaban J connectivity index is 0.00000289. The number of rotatable bonds is 3. The van der Waals surface area contributed by atoms with Crippen molar-refractivity contribution in [1.82, 2.24) is 5.43 Å². The first-order valence-corrected chi connectivity index (χ1v) is 5.99. The topological polar surface area (TPSA) is 53.8 Å². The molecule has 0 saturated carbocycles. The molecule has 0 spiro atoms. The molecule has 0 radical (unpaired) electrons. The number of nitrogens with zero attached hydrogens (tertiary/aromatic N) is 1. The van der Waals surface area contributed by atoms with Crippen molar-refractivity contribution >= 4 is 34.6 Å². The van der Waals surface area contributed by atoms with Gasteiger partial charge < -0.3 is 15.3 Å². The molecule has 0 aliphatic carbocycles. The van der Waals surface area contributed by atoms with Gasteiger partial charge >= 0.3 is 0 Å². The number of aromatic hydroxyl groups is 1. The van der Waals surface area contributed by atoms with E-state index >= 15 is 0 Å². The number of nitrogens with one attached hydrogen (secondary N) is 1. The van der Waals surface area contributed by atoms with Gasteiger partial charge in [0.25, 0.3) is 0 Å². The highest BCUT2D eigenvalue weighted by Gasteiger charge is 2.08. The second-order valence-corrected chi connectivity index (χ2v) is 5.53. The fourth-order valence-electron chi connectivity index (χ4n) is 1.12.